The number of carbonyl (C=O) groups excluding carboxylic acids is 2. The zero-order valence-electron chi connectivity index (χ0n) is 13.4. The molecule has 1 aromatic rings. The molecule has 1 aromatic heterocycles. The second kappa shape index (κ2) is 7.24. The van der Waals surface area contributed by atoms with E-state index in [0.717, 1.165) is 42.5 Å². The van der Waals surface area contributed by atoms with E-state index < -0.39 is 40.1 Å². The number of hydrogen-bond donors (Lipinski definition) is 2. The molecule has 2 atom stereocenters. The Balaban J connectivity index is 2.21. The molecule has 0 spiro atoms. The molecule has 1 heterocycles. The van der Waals surface area contributed by atoms with E-state index >= 15 is 0 Å². The van der Waals surface area contributed by atoms with Crippen molar-refractivity contribution in [1.82, 2.24) is 9.88 Å². The maximum absolute atomic E-state index is 12.2. The van der Waals surface area contributed by atoms with Crippen LogP contribution in [0.1, 0.15) is 43.0 Å². The molecule has 0 saturated heterocycles. The lowest BCUT2D eigenvalue weighted by Crippen LogP contribution is -2.44. The lowest BCUT2D eigenvalue weighted by Gasteiger charge is -2.29. The van der Waals surface area contributed by atoms with Gasteiger partial charge in [0.15, 0.2) is 0 Å². The highest BCUT2D eigenvalue weighted by molar-refractivity contribution is 5.93. The van der Waals surface area contributed by atoms with E-state index in [1.54, 1.807) is 0 Å². The van der Waals surface area contributed by atoms with Gasteiger partial charge < -0.3 is 11.1 Å². The van der Waals surface area contributed by atoms with Crippen LogP contribution in [0.2, 0.25) is 0 Å². The highest BCUT2D eigenvalue weighted by Crippen LogP contribution is 2.23. The van der Waals surface area contributed by atoms with Gasteiger partial charge in [-0.05, 0) is 18.8 Å². The topological polar surface area (TPSA) is 137 Å². The van der Waals surface area contributed by atoms with Gasteiger partial charge in [-0.2, -0.15) is 0 Å². The van der Waals surface area contributed by atoms with E-state index in [1.807, 2.05) is 0 Å². The summed E-state index contributed by atoms with van der Waals surface area (Å²) in [7, 11) is 0. The molecule has 0 aromatic carbocycles. The van der Waals surface area contributed by atoms with Crippen LogP contribution in [0.3, 0.4) is 0 Å². The van der Waals surface area contributed by atoms with Gasteiger partial charge in [0.05, 0.1) is 11.1 Å². The number of pyridine rings is 1. The molecular formula is C15H20N4O5. The van der Waals surface area contributed by atoms with Gasteiger partial charge in [-0.15, -0.1) is 0 Å². The predicted octanol–water partition coefficient (Wildman–Crippen LogP) is 0.550. The first kappa shape index (κ1) is 17.6. The van der Waals surface area contributed by atoms with Gasteiger partial charge in [-0.3, -0.25) is 29.1 Å². The van der Waals surface area contributed by atoms with Crippen LogP contribution in [0.5, 0.6) is 0 Å². The molecule has 1 aliphatic rings. The third-order valence-corrected chi connectivity index (χ3v) is 4.32. The molecule has 2 amide bonds. The largest absolute Gasteiger partial charge is 0.365 e. The number of nitrogens with zero attached hydrogens (tertiary/aromatic N) is 2. The Morgan fingerprint density at radius 2 is 2.08 bits per heavy atom. The molecule has 0 bridgehead atoms. The molecule has 9 nitrogen and oxygen atoms in total. The smallest absolute Gasteiger partial charge is 0.286 e. The number of aromatic nitrogens is 1. The third kappa shape index (κ3) is 3.98. The van der Waals surface area contributed by atoms with Gasteiger partial charge in [0.1, 0.15) is 12.1 Å². The lowest BCUT2D eigenvalue weighted by molar-refractivity contribution is -0.385. The second-order valence-electron chi connectivity index (χ2n) is 6.10. The maximum atomic E-state index is 12.2. The average Bonchev–Trinajstić information content (AvgIpc) is 2.51. The standard InChI is InChI=1S/C15H20N4O5/c1-9-4-2-3-5-12(9)17-13(20)8-18-7-10(19(23)24)6-11(14(16)21)15(18)22/h6-7,9,12H,2-5,8H2,1H3,(H2,16,21)(H,17,20)/t9-,12+/m1/s1. The molecular weight excluding hydrogens is 316 g/mol. The van der Waals surface area contributed by atoms with Crippen LogP contribution in [-0.4, -0.2) is 27.3 Å². The Labute approximate surface area is 138 Å². The van der Waals surface area contributed by atoms with Gasteiger partial charge in [-0.1, -0.05) is 19.8 Å². The zero-order valence-corrected chi connectivity index (χ0v) is 13.4. The average molecular weight is 336 g/mol. The molecule has 1 aliphatic carbocycles. The Morgan fingerprint density at radius 1 is 1.42 bits per heavy atom. The highest BCUT2D eigenvalue weighted by atomic mass is 16.6. The van der Waals surface area contributed by atoms with Crippen LogP contribution in [0.4, 0.5) is 5.69 Å². The van der Waals surface area contributed by atoms with E-state index in [0.29, 0.717) is 5.92 Å². The number of nitrogens with one attached hydrogen (secondary N) is 1. The number of hydrogen-bond acceptors (Lipinski definition) is 5. The molecule has 24 heavy (non-hydrogen) atoms. The normalized spacial score (nSPS) is 20.4. The molecule has 1 fully saturated rings. The van der Waals surface area contributed by atoms with Crippen LogP contribution in [0, 0.1) is 16.0 Å². The van der Waals surface area contributed by atoms with Crippen molar-refractivity contribution in [3.8, 4) is 0 Å². The van der Waals surface area contributed by atoms with E-state index in [1.165, 1.54) is 0 Å². The van der Waals surface area contributed by atoms with Gasteiger partial charge >= 0.3 is 0 Å². The summed E-state index contributed by atoms with van der Waals surface area (Å²) in [6.45, 7) is 1.65. The minimum absolute atomic E-state index is 0.0243. The maximum Gasteiger partial charge on any atom is 0.286 e. The number of carbonyl (C=O) groups is 2. The predicted molar refractivity (Wildman–Crippen MR) is 85.4 cm³/mol. The number of nitrogens with two attached hydrogens (primary N) is 1. The first-order chi connectivity index (χ1) is 11.3. The van der Waals surface area contributed by atoms with Crippen LogP contribution in [-0.2, 0) is 11.3 Å². The molecule has 0 aliphatic heterocycles. The van der Waals surface area contributed by atoms with Crippen LogP contribution < -0.4 is 16.6 Å². The van der Waals surface area contributed by atoms with E-state index in [4.69, 9.17) is 5.73 Å². The van der Waals surface area contributed by atoms with E-state index in [-0.39, 0.29) is 6.04 Å². The SMILES string of the molecule is C[C@@H]1CCCC[C@@H]1NC(=O)Cn1cc([N+](=O)[O-])cc(C(N)=O)c1=O. The van der Waals surface area contributed by atoms with Gasteiger partial charge in [0, 0.05) is 12.1 Å². The summed E-state index contributed by atoms with van der Waals surface area (Å²) in [5.74, 6) is -1.16. The first-order valence-electron chi connectivity index (χ1n) is 7.77. The van der Waals surface area contributed by atoms with Crippen LogP contribution >= 0.6 is 0 Å². The number of rotatable bonds is 5. The summed E-state index contributed by atoms with van der Waals surface area (Å²) < 4.78 is 0.848. The van der Waals surface area contributed by atoms with Crippen molar-refractivity contribution in [2.45, 2.75) is 45.2 Å². The molecule has 1 saturated carbocycles. The number of nitro groups is 1. The van der Waals surface area contributed by atoms with Crippen molar-refractivity contribution in [2.24, 2.45) is 11.7 Å². The van der Waals surface area contributed by atoms with Gasteiger partial charge in [0.25, 0.3) is 17.2 Å². The minimum atomic E-state index is -1.07. The molecule has 9 heteroatoms. The quantitative estimate of drug-likeness (QED) is 0.597. The molecule has 3 N–H and O–H groups in total. The third-order valence-electron chi connectivity index (χ3n) is 4.32. The summed E-state index contributed by atoms with van der Waals surface area (Å²) in [5, 5.41) is 13.8. The fourth-order valence-corrected chi connectivity index (χ4v) is 2.95. The second-order valence-corrected chi connectivity index (χ2v) is 6.10. The molecule has 130 valence electrons. The number of primary amides is 1. The summed E-state index contributed by atoms with van der Waals surface area (Å²) in [6, 6.07) is 0.846. The van der Waals surface area contributed by atoms with Crippen molar-refractivity contribution in [3.05, 3.63) is 38.3 Å². The summed E-state index contributed by atoms with van der Waals surface area (Å²) >= 11 is 0. The summed E-state index contributed by atoms with van der Waals surface area (Å²) in [5.41, 5.74) is 3.27. The highest BCUT2D eigenvalue weighted by Gasteiger charge is 2.24. The fourth-order valence-electron chi connectivity index (χ4n) is 2.95. The van der Waals surface area contributed by atoms with Crippen molar-refractivity contribution < 1.29 is 14.5 Å². The van der Waals surface area contributed by atoms with Gasteiger partial charge in [-0.25, -0.2) is 0 Å². The Kier molecular flexibility index (Phi) is 5.32. The first-order valence-corrected chi connectivity index (χ1v) is 7.77. The zero-order chi connectivity index (χ0) is 17.9. The molecule has 0 radical (unpaired) electrons. The lowest BCUT2D eigenvalue weighted by atomic mass is 9.86. The van der Waals surface area contributed by atoms with Crippen molar-refractivity contribution in [1.29, 1.82) is 0 Å². The Morgan fingerprint density at radius 3 is 2.67 bits per heavy atom. The Bertz CT molecular complexity index is 727. The van der Waals surface area contributed by atoms with E-state index in [9.17, 15) is 24.5 Å². The van der Waals surface area contributed by atoms with Gasteiger partial charge in [0.2, 0.25) is 5.91 Å². The monoisotopic (exact) mass is 336 g/mol. The van der Waals surface area contributed by atoms with Crippen molar-refractivity contribution in [3.63, 3.8) is 0 Å². The van der Waals surface area contributed by atoms with Crippen LogP contribution in [0.25, 0.3) is 0 Å². The van der Waals surface area contributed by atoms with Crippen molar-refractivity contribution >= 4 is 17.5 Å². The molecule has 0 unspecified atom stereocenters. The summed E-state index contributed by atoms with van der Waals surface area (Å²) in [6.07, 6.45) is 4.98. The van der Waals surface area contributed by atoms with Crippen LogP contribution in [0.15, 0.2) is 17.1 Å². The minimum Gasteiger partial charge on any atom is -0.365 e. The number of amides is 2. The Hall–Kier alpha value is -2.71. The molecule has 2 rings (SSSR count). The van der Waals surface area contributed by atoms with Crippen molar-refractivity contribution in [2.75, 3.05) is 0 Å². The van der Waals surface area contributed by atoms with E-state index in [2.05, 4.69) is 12.2 Å². The summed E-state index contributed by atoms with van der Waals surface area (Å²) in [4.78, 5) is 45.8. The fraction of sp³-hybridized carbons (Fsp3) is 0.533.